The molecule has 1 aliphatic rings. The Bertz CT molecular complexity index is 1040. The molecule has 0 amide bonds. The highest BCUT2D eigenvalue weighted by Gasteiger charge is 2.48. The minimum absolute atomic E-state index is 0.00684. The number of halogens is 1. The lowest BCUT2D eigenvalue weighted by Crippen LogP contribution is -2.31. The minimum Gasteiger partial charge on any atom is -0.462 e. The van der Waals surface area contributed by atoms with Crippen LogP contribution in [0.1, 0.15) is 33.4 Å². The van der Waals surface area contributed by atoms with Crippen molar-refractivity contribution in [3.8, 4) is 0 Å². The highest BCUT2D eigenvalue weighted by molar-refractivity contribution is 7.50. The summed E-state index contributed by atoms with van der Waals surface area (Å²) in [6, 6.07) is 0. The summed E-state index contributed by atoms with van der Waals surface area (Å²) in [5, 5.41) is 4.91. The van der Waals surface area contributed by atoms with Crippen molar-refractivity contribution in [3.05, 3.63) is 6.33 Å². The Kier molecular flexibility index (Phi) is 7.00. The molecule has 32 heavy (non-hydrogen) atoms. The Labute approximate surface area is 183 Å². The van der Waals surface area contributed by atoms with Crippen LogP contribution in [0.15, 0.2) is 6.33 Å². The highest BCUT2D eigenvalue weighted by Crippen LogP contribution is 2.46. The third-order valence-electron chi connectivity index (χ3n) is 4.64. The fraction of sp³-hybridized carbons (Fsp3) is 0.647. The van der Waals surface area contributed by atoms with Crippen molar-refractivity contribution in [2.45, 2.75) is 45.4 Å². The van der Waals surface area contributed by atoms with E-state index in [-0.39, 0.29) is 24.4 Å². The van der Waals surface area contributed by atoms with Crippen molar-refractivity contribution < 1.29 is 32.6 Å². The number of carbonyl (C=O) groups excluding carboxylic acids is 1. The number of aromatic nitrogens is 4. The molecule has 3 rings (SSSR count). The topological polar surface area (TPSA) is 176 Å². The average Bonchev–Trinajstić information content (AvgIpc) is 3.24. The van der Waals surface area contributed by atoms with Crippen molar-refractivity contribution in [3.63, 3.8) is 0 Å². The zero-order chi connectivity index (χ0) is 23.7. The predicted octanol–water partition coefficient (Wildman–Crippen LogP) is 1.33. The highest BCUT2D eigenvalue weighted by atomic mass is 31.2. The molecule has 1 aliphatic heterocycles. The zero-order valence-electron chi connectivity index (χ0n) is 18.1. The van der Waals surface area contributed by atoms with Gasteiger partial charge in [0.25, 0.3) is 0 Å². The molecule has 1 saturated heterocycles. The van der Waals surface area contributed by atoms with Gasteiger partial charge in [-0.2, -0.15) is 9.97 Å². The zero-order valence-corrected chi connectivity index (χ0v) is 19.0. The van der Waals surface area contributed by atoms with Crippen LogP contribution in [-0.2, 0) is 23.4 Å². The van der Waals surface area contributed by atoms with E-state index in [0.29, 0.717) is 17.0 Å². The van der Waals surface area contributed by atoms with Gasteiger partial charge >= 0.3 is 13.7 Å². The standard InChI is InChI=1S/C17H27FN7O6P/c1-9(2)30-11(26)6-22-32(27,28)29-7-17(18)5-10(3)15(31-17)25-8-21-12-13(20-4)23-16(19)24-14(12)25/h8-10,15H,5-7H2,1-4H3,(H2,22,27,28)(H3,19,20,23,24)/t10-,15+,17-/m0/s1. The van der Waals surface area contributed by atoms with E-state index in [0.717, 1.165) is 0 Å². The van der Waals surface area contributed by atoms with Crippen LogP contribution in [0, 0.1) is 5.92 Å². The molecule has 5 N–H and O–H groups in total. The fourth-order valence-corrected chi connectivity index (χ4v) is 4.17. The first-order chi connectivity index (χ1) is 14.9. The summed E-state index contributed by atoms with van der Waals surface area (Å²) in [5.41, 5.74) is 6.53. The lowest BCUT2D eigenvalue weighted by molar-refractivity contribution is -0.173. The molecular weight excluding hydrogens is 448 g/mol. The number of imidazole rings is 1. The number of nitrogens with one attached hydrogen (secondary N) is 2. The molecular formula is C17H27FN7O6P. The second-order valence-corrected chi connectivity index (χ2v) is 9.36. The smallest absolute Gasteiger partial charge is 0.403 e. The van der Waals surface area contributed by atoms with Crippen molar-refractivity contribution in [2.75, 3.05) is 31.2 Å². The number of rotatable bonds is 9. The number of hydrogen-bond donors (Lipinski definition) is 4. The largest absolute Gasteiger partial charge is 0.462 e. The molecule has 2 aromatic heterocycles. The third-order valence-corrected chi connectivity index (χ3v) is 5.68. The van der Waals surface area contributed by atoms with Gasteiger partial charge in [-0.1, -0.05) is 6.92 Å². The molecule has 1 fully saturated rings. The maximum atomic E-state index is 15.3. The average molecular weight is 475 g/mol. The van der Waals surface area contributed by atoms with Crippen LogP contribution in [0.2, 0.25) is 0 Å². The first-order valence-corrected chi connectivity index (χ1v) is 11.5. The van der Waals surface area contributed by atoms with Crippen molar-refractivity contribution in [2.24, 2.45) is 5.92 Å². The number of fused-ring (bicyclic) bond motifs is 1. The van der Waals surface area contributed by atoms with E-state index in [1.54, 1.807) is 27.8 Å². The quantitative estimate of drug-likeness (QED) is 0.303. The maximum absolute atomic E-state index is 15.3. The van der Waals surface area contributed by atoms with E-state index in [4.69, 9.17) is 19.7 Å². The van der Waals surface area contributed by atoms with Gasteiger partial charge in [0.1, 0.15) is 19.4 Å². The number of ether oxygens (including phenoxy) is 2. The number of hydrogen-bond acceptors (Lipinski definition) is 10. The van der Waals surface area contributed by atoms with Gasteiger partial charge in [0.15, 0.2) is 17.0 Å². The number of nitrogens with two attached hydrogens (primary N) is 1. The molecule has 0 radical (unpaired) electrons. The minimum atomic E-state index is -4.48. The number of esters is 1. The lowest BCUT2D eigenvalue weighted by Gasteiger charge is -2.23. The summed E-state index contributed by atoms with van der Waals surface area (Å²) >= 11 is 0. The summed E-state index contributed by atoms with van der Waals surface area (Å²) in [6.07, 6.45) is 0.115. The molecule has 0 bridgehead atoms. The number of nitrogens with zero attached hydrogens (tertiary/aromatic N) is 4. The number of anilines is 2. The van der Waals surface area contributed by atoms with Gasteiger partial charge in [-0.25, -0.2) is 19.0 Å². The molecule has 1 unspecified atom stereocenters. The van der Waals surface area contributed by atoms with Crippen LogP contribution in [0.25, 0.3) is 11.2 Å². The fourth-order valence-electron chi connectivity index (χ4n) is 3.38. The third kappa shape index (κ3) is 5.51. The Hall–Kier alpha value is -2.38. The summed E-state index contributed by atoms with van der Waals surface area (Å²) < 4.78 is 44.2. The van der Waals surface area contributed by atoms with Crippen molar-refractivity contribution in [1.29, 1.82) is 0 Å². The molecule has 13 nitrogen and oxygen atoms in total. The van der Waals surface area contributed by atoms with Crippen molar-refractivity contribution in [1.82, 2.24) is 24.6 Å². The van der Waals surface area contributed by atoms with Crippen LogP contribution < -0.4 is 16.1 Å². The molecule has 0 aromatic carbocycles. The monoisotopic (exact) mass is 475 g/mol. The lowest BCUT2D eigenvalue weighted by atomic mass is 10.1. The number of nitrogen functional groups attached to an aromatic ring is 1. The van der Waals surface area contributed by atoms with E-state index < -0.39 is 39.0 Å². The molecule has 2 aromatic rings. The first-order valence-electron chi connectivity index (χ1n) is 9.89. The second-order valence-electron chi connectivity index (χ2n) is 7.74. The molecule has 0 spiro atoms. The number of carbonyl (C=O) groups is 1. The van der Waals surface area contributed by atoms with E-state index in [2.05, 4.69) is 20.3 Å². The van der Waals surface area contributed by atoms with Gasteiger partial charge in [-0.3, -0.25) is 13.9 Å². The summed E-state index contributed by atoms with van der Waals surface area (Å²) in [7, 11) is -2.82. The van der Waals surface area contributed by atoms with Crippen LogP contribution >= 0.6 is 7.75 Å². The SMILES string of the molecule is CNc1nc(N)nc2c1ncn2[C@@H]1O[C@](F)(COP(=O)(O)NCC(=O)OC(C)C)C[C@@H]1C. The van der Waals surface area contributed by atoms with Gasteiger partial charge in [0.2, 0.25) is 11.8 Å². The molecule has 3 heterocycles. The second kappa shape index (κ2) is 9.24. The number of alkyl halides is 1. The van der Waals surface area contributed by atoms with Gasteiger partial charge in [-0.05, 0) is 13.8 Å². The maximum Gasteiger partial charge on any atom is 0.403 e. The Morgan fingerprint density at radius 1 is 1.53 bits per heavy atom. The molecule has 0 saturated carbocycles. The Morgan fingerprint density at radius 2 is 2.25 bits per heavy atom. The molecule has 178 valence electrons. The summed E-state index contributed by atoms with van der Waals surface area (Å²) in [5.74, 6) is -3.04. The van der Waals surface area contributed by atoms with Gasteiger partial charge in [-0.15, -0.1) is 0 Å². The van der Waals surface area contributed by atoms with Crippen LogP contribution in [-0.4, -0.2) is 62.5 Å². The van der Waals surface area contributed by atoms with E-state index >= 15 is 4.39 Å². The van der Waals surface area contributed by atoms with Crippen LogP contribution in [0.3, 0.4) is 0 Å². The molecule has 0 aliphatic carbocycles. The predicted molar refractivity (Wildman–Crippen MR) is 112 cm³/mol. The summed E-state index contributed by atoms with van der Waals surface area (Å²) in [4.78, 5) is 33.9. The van der Waals surface area contributed by atoms with Gasteiger partial charge in [0, 0.05) is 19.4 Å². The molecule has 15 heteroatoms. The Morgan fingerprint density at radius 3 is 2.91 bits per heavy atom. The van der Waals surface area contributed by atoms with Crippen LogP contribution in [0.5, 0.6) is 0 Å². The first kappa shape index (κ1) is 24.3. The normalized spacial score (nSPS) is 25.2. The molecule has 4 atom stereocenters. The summed E-state index contributed by atoms with van der Waals surface area (Å²) in [6.45, 7) is 3.62. The van der Waals surface area contributed by atoms with Crippen LogP contribution in [0.4, 0.5) is 16.2 Å². The van der Waals surface area contributed by atoms with Crippen molar-refractivity contribution >= 4 is 36.6 Å². The van der Waals surface area contributed by atoms with Gasteiger partial charge in [0.05, 0.1) is 12.4 Å². The van der Waals surface area contributed by atoms with E-state index in [1.807, 2.05) is 5.09 Å². The van der Waals surface area contributed by atoms with Gasteiger partial charge < -0.3 is 25.4 Å². The Balaban J connectivity index is 1.68. The van der Waals surface area contributed by atoms with E-state index in [9.17, 15) is 14.3 Å². The van der Waals surface area contributed by atoms with E-state index in [1.165, 1.54) is 10.9 Å².